The van der Waals surface area contributed by atoms with Gasteiger partial charge in [0.2, 0.25) is 0 Å². The number of hydrogen-bond donors (Lipinski definition) is 1. The Morgan fingerprint density at radius 2 is 2.11 bits per heavy atom. The van der Waals surface area contributed by atoms with E-state index in [1.165, 1.54) is 0 Å². The molecule has 0 radical (unpaired) electrons. The molecule has 6 heteroatoms. The first-order valence-electron chi connectivity index (χ1n) is 5.76. The van der Waals surface area contributed by atoms with Crippen LogP contribution in [0, 0.1) is 0 Å². The summed E-state index contributed by atoms with van der Waals surface area (Å²) in [6.07, 6.45) is -2.84. The number of rotatable bonds is 0. The quantitative estimate of drug-likeness (QED) is 0.783. The summed E-state index contributed by atoms with van der Waals surface area (Å²) in [5, 5.41) is 3.38. The SMILES string of the molecule is FC(F)(F)c1cc(Cl)c2c(c1)O[C@H]1CCN[C@@H]2C1. The average Bonchev–Trinajstić information content (AvgIpc) is 2.26. The highest BCUT2D eigenvalue weighted by atomic mass is 35.5. The van der Waals surface area contributed by atoms with Crippen molar-refractivity contribution in [3.63, 3.8) is 0 Å². The molecule has 0 aromatic heterocycles. The van der Waals surface area contributed by atoms with Crippen LogP contribution in [0.5, 0.6) is 5.75 Å². The van der Waals surface area contributed by atoms with Crippen LogP contribution in [0.25, 0.3) is 0 Å². The summed E-state index contributed by atoms with van der Waals surface area (Å²) in [7, 11) is 0. The highest BCUT2D eigenvalue weighted by Crippen LogP contribution is 2.45. The van der Waals surface area contributed by atoms with Gasteiger partial charge in [-0.3, -0.25) is 0 Å². The molecular formula is C12H11ClF3NO. The third-order valence-corrected chi connectivity index (χ3v) is 3.73. The highest BCUT2D eigenvalue weighted by Gasteiger charge is 2.37. The number of hydrogen-bond acceptors (Lipinski definition) is 2. The molecule has 0 spiro atoms. The van der Waals surface area contributed by atoms with Gasteiger partial charge in [0, 0.05) is 23.0 Å². The lowest BCUT2D eigenvalue weighted by Crippen LogP contribution is -2.40. The van der Waals surface area contributed by atoms with Gasteiger partial charge in [-0.05, 0) is 25.1 Å². The number of ether oxygens (including phenoxy) is 1. The fourth-order valence-corrected chi connectivity index (χ4v) is 2.92. The van der Waals surface area contributed by atoms with Crippen molar-refractivity contribution < 1.29 is 17.9 Å². The predicted molar refractivity (Wildman–Crippen MR) is 60.8 cm³/mol. The normalized spacial score (nSPS) is 26.4. The van der Waals surface area contributed by atoms with Crippen LogP contribution < -0.4 is 10.1 Å². The van der Waals surface area contributed by atoms with E-state index < -0.39 is 11.7 Å². The molecule has 0 saturated carbocycles. The highest BCUT2D eigenvalue weighted by molar-refractivity contribution is 6.31. The minimum absolute atomic E-state index is 0.00211. The molecule has 2 atom stereocenters. The lowest BCUT2D eigenvalue weighted by Gasteiger charge is -2.38. The Morgan fingerprint density at radius 1 is 1.33 bits per heavy atom. The standard InChI is InChI=1S/C12H11ClF3NO/c13-8-3-6(12(14,15)16)4-10-11(8)9-5-7(18-10)1-2-17-9/h3-4,7,9,17H,1-2,5H2/t7-,9+/m0/s1. The third-order valence-electron chi connectivity index (χ3n) is 3.42. The van der Waals surface area contributed by atoms with Crippen LogP contribution in [-0.4, -0.2) is 12.6 Å². The molecule has 2 bridgehead atoms. The van der Waals surface area contributed by atoms with Gasteiger partial charge in [-0.25, -0.2) is 0 Å². The van der Waals surface area contributed by atoms with Gasteiger partial charge in [-0.1, -0.05) is 11.6 Å². The number of nitrogens with one attached hydrogen (secondary N) is 1. The van der Waals surface area contributed by atoms with Crippen LogP contribution in [0.4, 0.5) is 13.2 Å². The summed E-state index contributed by atoms with van der Waals surface area (Å²) < 4.78 is 43.7. The van der Waals surface area contributed by atoms with Crippen LogP contribution in [0.2, 0.25) is 5.02 Å². The van der Waals surface area contributed by atoms with Crippen molar-refractivity contribution in [1.29, 1.82) is 0 Å². The van der Waals surface area contributed by atoms with E-state index in [-0.39, 0.29) is 22.9 Å². The van der Waals surface area contributed by atoms with Gasteiger partial charge in [-0.2, -0.15) is 13.2 Å². The molecule has 0 aliphatic carbocycles. The molecule has 18 heavy (non-hydrogen) atoms. The maximum absolute atomic E-state index is 12.7. The Balaban J connectivity index is 2.09. The Labute approximate surface area is 107 Å². The Morgan fingerprint density at radius 3 is 2.83 bits per heavy atom. The van der Waals surface area contributed by atoms with Crippen molar-refractivity contribution in [2.75, 3.05) is 6.54 Å². The average molecular weight is 278 g/mol. The van der Waals surface area contributed by atoms with Gasteiger partial charge >= 0.3 is 6.18 Å². The van der Waals surface area contributed by atoms with Gasteiger partial charge in [-0.15, -0.1) is 0 Å². The summed E-state index contributed by atoms with van der Waals surface area (Å²) in [6.45, 7) is 0.798. The zero-order valence-electron chi connectivity index (χ0n) is 9.35. The van der Waals surface area contributed by atoms with Crippen molar-refractivity contribution in [2.24, 2.45) is 0 Å². The van der Waals surface area contributed by atoms with Gasteiger partial charge in [0.05, 0.1) is 5.56 Å². The summed E-state index contributed by atoms with van der Waals surface area (Å²) in [5.74, 6) is 0.267. The second-order valence-electron chi connectivity index (χ2n) is 4.64. The molecule has 0 amide bonds. The van der Waals surface area contributed by atoms with E-state index in [0.717, 1.165) is 31.5 Å². The van der Waals surface area contributed by atoms with Crippen molar-refractivity contribution in [2.45, 2.75) is 31.2 Å². The molecule has 2 nitrogen and oxygen atoms in total. The zero-order chi connectivity index (χ0) is 12.9. The molecule has 3 rings (SSSR count). The van der Waals surface area contributed by atoms with E-state index in [1.54, 1.807) is 0 Å². The molecule has 1 saturated heterocycles. The fourth-order valence-electron chi connectivity index (χ4n) is 2.58. The third kappa shape index (κ3) is 1.95. The molecule has 98 valence electrons. The molecule has 1 fully saturated rings. The molecule has 1 aromatic carbocycles. The molecule has 1 N–H and O–H groups in total. The number of benzene rings is 1. The largest absolute Gasteiger partial charge is 0.490 e. The van der Waals surface area contributed by atoms with Gasteiger partial charge in [0.1, 0.15) is 11.9 Å². The van der Waals surface area contributed by atoms with Gasteiger partial charge in [0.15, 0.2) is 0 Å². The number of piperidine rings is 1. The van der Waals surface area contributed by atoms with Crippen LogP contribution in [0.1, 0.15) is 30.0 Å². The lowest BCUT2D eigenvalue weighted by molar-refractivity contribution is -0.137. The second-order valence-corrected chi connectivity index (χ2v) is 5.05. The Hall–Kier alpha value is -0.940. The lowest BCUT2D eigenvalue weighted by atomic mass is 9.91. The number of halogens is 4. The summed E-state index contributed by atoms with van der Waals surface area (Å²) >= 11 is 5.98. The fraction of sp³-hybridized carbons (Fsp3) is 0.500. The van der Waals surface area contributed by atoms with E-state index in [4.69, 9.17) is 16.3 Å². The minimum Gasteiger partial charge on any atom is -0.490 e. The molecular weight excluding hydrogens is 267 g/mol. The van der Waals surface area contributed by atoms with Crippen LogP contribution in [0.3, 0.4) is 0 Å². The Bertz CT molecular complexity index is 489. The summed E-state index contributed by atoms with van der Waals surface area (Å²) in [6, 6.07) is 2.02. The smallest absolute Gasteiger partial charge is 0.416 e. The predicted octanol–water partition coefficient (Wildman–Crippen LogP) is 3.54. The van der Waals surface area contributed by atoms with E-state index in [1.807, 2.05) is 0 Å². The van der Waals surface area contributed by atoms with E-state index in [0.29, 0.717) is 5.56 Å². The maximum atomic E-state index is 12.7. The van der Waals surface area contributed by atoms with Gasteiger partial charge in [0.25, 0.3) is 0 Å². The summed E-state index contributed by atoms with van der Waals surface area (Å²) in [5.41, 5.74) is -0.105. The molecule has 2 heterocycles. The first kappa shape index (κ1) is 12.1. The van der Waals surface area contributed by atoms with E-state index in [9.17, 15) is 13.2 Å². The second kappa shape index (κ2) is 4.03. The number of fused-ring (bicyclic) bond motifs is 4. The van der Waals surface area contributed by atoms with Crippen LogP contribution >= 0.6 is 11.6 Å². The van der Waals surface area contributed by atoms with Crippen molar-refractivity contribution in [3.8, 4) is 5.75 Å². The Kier molecular flexibility index (Phi) is 2.71. The summed E-state index contributed by atoms with van der Waals surface area (Å²) in [4.78, 5) is 0. The van der Waals surface area contributed by atoms with Crippen molar-refractivity contribution in [1.82, 2.24) is 5.32 Å². The van der Waals surface area contributed by atoms with Crippen molar-refractivity contribution in [3.05, 3.63) is 28.3 Å². The maximum Gasteiger partial charge on any atom is 0.416 e. The topological polar surface area (TPSA) is 21.3 Å². The first-order valence-corrected chi connectivity index (χ1v) is 6.13. The van der Waals surface area contributed by atoms with Gasteiger partial charge < -0.3 is 10.1 Å². The molecule has 2 aliphatic heterocycles. The van der Waals surface area contributed by atoms with Crippen molar-refractivity contribution >= 4 is 11.6 Å². The monoisotopic (exact) mass is 277 g/mol. The zero-order valence-corrected chi connectivity index (χ0v) is 10.1. The number of alkyl halides is 3. The van der Waals surface area contributed by atoms with E-state index >= 15 is 0 Å². The first-order chi connectivity index (χ1) is 8.45. The molecule has 2 aliphatic rings. The van der Waals surface area contributed by atoms with Crippen LogP contribution in [-0.2, 0) is 6.18 Å². The molecule has 0 unspecified atom stereocenters. The van der Waals surface area contributed by atoms with Crippen LogP contribution in [0.15, 0.2) is 12.1 Å². The minimum atomic E-state index is -4.40. The van der Waals surface area contributed by atoms with E-state index in [2.05, 4.69) is 5.32 Å². The molecule has 1 aromatic rings.